The van der Waals surface area contributed by atoms with Crippen LogP contribution in [0, 0.1) is 17.8 Å². The molecule has 2 rings (SSSR count). The van der Waals surface area contributed by atoms with E-state index in [2.05, 4.69) is 0 Å². The maximum atomic E-state index is 9.72. The minimum absolute atomic E-state index is 0.0640. The lowest BCUT2D eigenvalue weighted by Crippen LogP contribution is -2.36. The lowest BCUT2D eigenvalue weighted by molar-refractivity contribution is 0.0130. The second kappa shape index (κ2) is 4.00. The molecule has 4 atom stereocenters. The van der Waals surface area contributed by atoms with E-state index in [9.17, 15) is 5.11 Å². The maximum Gasteiger partial charge on any atom is 0.0543 e. The third-order valence-corrected chi connectivity index (χ3v) is 4.25. The first-order chi connectivity index (χ1) is 6.29. The molecule has 2 saturated carbocycles. The lowest BCUT2D eigenvalue weighted by atomic mass is 9.64. The highest BCUT2D eigenvalue weighted by atomic mass is 16.3. The fraction of sp³-hybridized carbons (Fsp3) is 1.00. The first-order valence-electron chi connectivity index (χ1n) is 5.97. The molecule has 76 valence electrons. The van der Waals surface area contributed by atoms with Crippen molar-refractivity contribution in [1.82, 2.24) is 0 Å². The third-order valence-electron chi connectivity index (χ3n) is 4.25. The van der Waals surface area contributed by atoms with Crippen LogP contribution in [0.3, 0.4) is 0 Å². The summed E-state index contributed by atoms with van der Waals surface area (Å²) in [6, 6.07) is 0. The molecule has 1 nitrogen and oxygen atoms in total. The predicted molar refractivity (Wildman–Crippen MR) is 54.5 cm³/mol. The Hall–Kier alpha value is -0.0400. The van der Waals surface area contributed by atoms with Gasteiger partial charge in [0.2, 0.25) is 0 Å². The summed E-state index contributed by atoms with van der Waals surface area (Å²) in [6.45, 7) is 1.99. The molecule has 0 spiro atoms. The van der Waals surface area contributed by atoms with Crippen molar-refractivity contribution in [2.75, 3.05) is 0 Å². The van der Waals surface area contributed by atoms with Crippen LogP contribution < -0.4 is 0 Å². The van der Waals surface area contributed by atoms with E-state index in [1.54, 1.807) is 0 Å². The summed E-state index contributed by atoms with van der Waals surface area (Å²) in [5.41, 5.74) is 0. The van der Waals surface area contributed by atoms with Crippen LogP contribution in [0.1, 0.15) is 51.9 Å². The van der Waals surface area contributed by atoms with Gasteiger partial charge >= 0.3 is 0 Å². The van der Waals surface area contributed by atoms with E-state index in [0.29, 0.717) is 5.92 Å². The number of fused-ring (bicyclic) bond motifs is 1. The molecule has 1 heteroatoms. The van der Waals surface area contributed by atoms with Crippen molar-refractivity contribution < 1.29 is 5.11 Å². The van der Waals surface area contributed by atoms with Crippen LogP contribution in [0.15, 0.2) is 0 Å². The first kappa shape index (κ1) is 9.51. The van der Waals surface area contributed by atoms with Crippen LogP contribution in [-0.2, 0) is 0 Å². The van der Waals surface area contributed by atoms with Gasteiger partial charge in [0.1, 0.15) is 0 Å². The van der Waals surface area contributed by atoms with Gasteiger partial charge in [0.05, 0.1) is 6.10 Å². The Bertz CT molecular complexity index is 163. The van der Waals surface area contributed by atoms with E-state index in [0.717, 1.165) is 11.8 Å². The number of rotatable bonds is 1. The summed E-state index contributed by atoms with van der Waals surface area (Å²) in [4.78, 5) is 0. The molecule has 0 aromatic rings. The van der Waals surface area contributed by atoms with Gasteiger partial charge in [-0.15, -0.1) is 0 Å². The summed E-state index contributed by atoms with van der Waals surface area (Å²) in [5.74, 6) is 2.45. The molecule has 1 N–H and O–H groups in total. The smallest absolute Gasteiger partial charge is 0.0543 e. The highest BCUT2D eigenvalue weighted by molar-refractivity contribution is 4.87. The molecule has 0 amide bonds. The molecule has 0 aromatic heterocycles. The summed E-state index contributed by atoms with van der Waals surface area (Å²) in [7, 11) is 0. The quantitative estimate of drug-likeness (QED) is 0.661. The molecule has 0 bridgehead atoms. The van der Waals surface area contributed by atoms with Gasteiger partial charge in [0.25, 0.3) is 0 Å². The minimum atomic E-state index is -0.0640. The van der Waals surface area contributed by atoms with Gasteiger partial charge in [-0.25, -0.2) is 0 Å². The topological polar surface area (TPSA) is 20.2 Å². The van der Waals surface area contributed by atoms with Gasteiger partial charge in [-0.3, -0.25) is 0 Å². The molecule has 13 heavy (non-hydrogen) atoms. The van der Waals surface area contributed by atoms with Crippen LogP contribution in [0.4, 0.5) is 0 Å². The van der Waals surface area contributed by atoms with Crippen molar-refractivity contribution in [3.63, 3.8) is 0 Å². The molecule has 0 saturated heterocycles. The normalized spacial score (nSPS) is 42.5. The van der Waals surface area contributed by atoms with Crippen LogP contribution in [0.5, 0.6) is 0 Å². The standard InChI is InChI=1S/C12H22O/c1-9(13)11-8-4-6-10-5-2-3-7-12(10)11/h9-13H,2-8H2,1H3/t9?,10?,11-,12+/m1/s1. The maximum absolute atomic E-state index is 9.72. The molecule has 0 aromatic carbocycles. The van der Waals surface area contributed by atoms with Crippen LogP contribution >= 0.6 is 0 Å². The molecule has 0 heterocycles. The van der Waals surface area contributed by atoms with Gasteiger partial charge in [-0.05, 0) is 37.5 Å². The van der Waals surface area contributed by atoms with Crippen LogP contribution in [0.25, 0.3) is 0 Å². The van der Waals surface area contributed by atoms with E-state index in [1.807, 2.05) is 6.92 Å². The van der Waals surface area contributed by atoms with E-state index in [-0.39, 0.29) is 6.10 Å². The van der Waals surface area contributed by atoms with Gasteiger partial charge < -0.3 is 5.11 Å². The molecular formula is C12H22O. The first-order valence-corrected chi connectivity index (χ1v) is 5.97. The number of aliphatic hydroxyl groups is 1. The zero-order valence-corrected chi connectivity index (χ0v) is 8.71. The second-order valence-corrected chi connectivity index (χ2v) is 5.04. The molecule has 2 unspecified atom stereocenters. The Labute approximate surface area is 81.5 Å². The zero-order chi connectivity index (χ0) is 9.26. The second-order valence-electron chi connectivity index (χ2n) is 5.04. The summed E-state index contributed by atoms with van der Waals surface area (Å²) >= 11 is 0. The van der Waals surface area contributed by atoms with Crippen molar-refractivity contribution in [3.8, 4) is 0 Å². The summed E-state index contributed by atoms with van der Waals surface area (Å²) in [6.07, 6.45) is 9.68. The summed E-state index contributed by atoms with van der Waals surface area (Å²) in [5, 5.41) is 9.72. The van der Waals surface area contributed by atoms with Gasteiger partial charge in [-0.2, -0.15) is 0 Å². The number of aliphatic hydroxyl groups excluding tert-OH is 1. The number of hydrogen-bond donors (Lipinski definition) is 1. The van der Waals surface area contributed by atoms with E-state index in [1.165, 1.54) is 44.9 Å². The fourth-order valence-electron chi connectivity index (χ4n) is 3.59. The van der Waals surface area contributed by atoms with Gasteiger partial charge in [0, 0.05) is 0 Å². The molecule has 2 fully saturated rings. The van der Waals surface area contributed by atoms with E-state index < -0.39 is 0 Å². The Morgan fingerprint density at radius 2 is 1.69 bits per heavy atom. The van der Waals surface area contributed by atoms with Crippen molar-refractivity contribution in [2.24, 2.45) is 17.8 Å². The lowest BCUT2D eigenvalue weighted by Gasteiger charge is -2.42. The Kier molecular flexibility index (Phi) is 2.92. The Balaban J connectivity index is 2.02. The van der Waals surface area contributed by atoms with Crippen LogP contribution in [0.2, 0.25) is 0 Å². The predicted octanol–water partition coefficient (Wildman–Crippen LogP) is 2.97. The third kappa shape index (κ3) is 1.90. The highest BCUT2D eigenvalue weighted by Gasteiger charge is 2.36. The van der Waals surface area contributed by atoms with Gasteiger partial charge in [0.15, 0.2) is 0 Å². The highest BCUT2D eigenvalue weighted by Crippen LogP contribution is 2.44. The van der Waals surface area contributed by atoms with Gasteiger partial charge in [-0.1, -0.05) is 32.1 Å². The molecule has 2 aliphatic rings. The summed E-state index contributed by atoms with van der Waals surface area (Å²) < 4.78 is 0. The SMILES string of the molecule is CC(O)[C@H]1CCCC2CCCC[C@@H]21. The fourth-order valence-corrected chi connectivity index (χ4v) is 3.59. The van der Waals surface area contributed by atoms with Crippen LogP contribution in [-0.4, -0.2) is 11.2 Å². The van der Waals surface area contributed by atoms with Crippen molar-refractivity contribution in [3.05, 3.63) is 0 Å². The number of hydrogen-bond acceptors (Lipinski definition) is 1. The monoisotopic (exact) mass is 182 g/mol. The van der Waals surface area contributed by atoms with E-state index in [4.69, 9.17) is 0 Å². The van der Waals surface area contributed by atoms with E-state index >= 15 is 0 Å². The molecule has 2 aliphatic carbocycles. The minimum Gasteiger partial charge on any atom is -0.393 e. The molecular weight excluding hydrogens is 160 g/mol. The van der Waals surface area contributed by atoms with Crippen molar-refractivity contribution in [2.45, 2.75) is 58.0 Å². The zero-order valence-electron chi connectivity index (χ0n) is 8.71. The average Bonchev–Trinajstić information content (AvgIpc) is 2.17. The Morgan fingerprint density at radius 1 is 1.00 bits per heavy atom. The van der Waals surface area contributed by atoms with Crippen molar-refractivity contribution >= 4 is 0 Å². The molecule has 0 radical (unpaired) electrons. The van der Waals surface area contributed by atoms with Crippen molar-refractivity contribution in [1.29, 1.82) is 0 Å². The largest absolute Gasteiger partial charge is 0.393 e. The molecule has 0 aliphatic heterocycles. The average molecular weight is 182 g/mol. The Morgan fingerprint density at radius 3 is 2.46 bits per heavy atom.